The summed E-state index contributed by atoms with van der Waals surface area (Å²) in [5, 5.41) is 11.3. The fourth-order valence-corrected chi connectivity index (χ4v) is 3.63. The number of benzene rings is 3. The minimum absolute atomic E-state index is 0.130. The van der Waals surface area contributed by atoms with Gasteiger partial charge in [0.05, 0.1) is 6.21 Å². The lowest BCUT2D eigenvalue weighted by Crippen LogP contribution is -2.20. The maximum absolute atomic E-state index is 12.2. The van der Waals surface area contributed by atoms with Gasteiger partial charge in [-0.2, -0.15) is 5.10 Å². The van der Waals surface area contributed by atoms with Crippen LogP contribution in [0.25, 0.3) is 0 Å². The molecule has 3 aromatic carbocycles. The average molecular weight is 511 g/mol. The molecule has 1 amide bonds. The molecule has 0 atom stereocenters. The van der Waals surface area contributed by atoms with Gasteiger partial charge in [-0.15, -0.1) is 5.10 Å². The van der Waals surface area contributed by atoms with Crippen molar-refractivity contribution in [2.45, 2.75) is 12.7 Å². The summed E-state index contributed by atoms with van der Waals surface area (Å²) >= 11 is 4.85. The highest BCUT2D eigenvalue weighted by Gasteiger charge is 2.07. The van der Waals surface area contributed by atoms with Gasteiger partial charge in [0, 0.05) is 21.5 Å². The molecule has 0 saturated carbocycles. The maximum Gasteiger partial charge on any atom is 0.262 e. The number of carbonyl (C=O) groups is 1. The monoisotopic (exact) mass is 510 g/mol. The van der Waals surface area contributed by atoms with Gasteiger partial charge >= 0.3 is 0 Å². The number of nitrogens with two attached hydrogens (primary N) is 1. The fourth-order valence-electron chi connectivity index (χ4n) is 2.64. The summed E-state index contributed by atoms with van der Waals surface area (Å²) in [6, 6.07) is 23.0. The molecule has 3 aromatic rings. The molecule has 0 heterocycles. The van der Waals surface area contributed by atoms with E-state index in [0.717, 1.165) is 21.3 Å². The Balaban J connectivity index is 1.57. The molecule has 0 aliphatic rings. The van der Waals surface area contributed by atoms with Crippen LogP contribution in [0, 0.1) is 6.92 Å². The van der Waals surface area contributed by atoms with E-state index in [1.165, 1.54) is 11.8 Å². The first-order valence-corrected chi connectivity index (χ1v) is 11.6. The number of hydrogen-bond donors (Lipinski definition) is 2. The van der Waals surface area contributed by atoms with Gasteiger partial charge in [0.25, 0.3) is 5.91 Å². The fraction of sp³-hybridized carbons (Fsp3) is 0.125. The Kier molecular flexibility index (Phi) is 8.89. The number of anilines is 1. The van der Waals surface area contributed by atoms with Crippen molar-refractivity contribution in [3.05, 3.63) is 94.0 Å². The normalized spacial score (nSPS) is 11.5. The van der Waals surface area contributed by atoms with Crippen LogP contribution in [0.4, 0.5) is 5.69 Å². The van der Waals surface area contributed by atoms with Crippen LogP contribution in [0.1, 0.15) is 16.7 Å². The van der Waals surface area contributed by atoms with Crippen LogP contribution in [-0.4, -0.2) is 23.9 Å². The average Bonchev–Trinajstić information content (AvgIpc) is 2.79. The van der Waals surface area contributed by atoms with Gasteiger partial charge in [0.2, 0.25) is 0 Å². The van der Waals surface area contributed by atoms with Gasteiger partial charge in [-0.3, -0.25) is 4.79 Å². The molecule has 0 radical (unpaired) electrons. The van der Waals surface area contributed by atoms with E-state index in [4.69, 9.17) is 10.5 Å². The molecule has 0 unspecified atom stereocenters. The van der Waals surface area contributed by atoms with E-state index in [-0.39, 0.29) is 12.5 Å². The van der Waals surface area contributed by atoms with E-state index in [0.29, 0.717) is 22.2 Å². The standard InChI is InChI=1S/C24H23BrN4O2S/c1-17-7-10-21(11-8-17)28-23(30)15-31-22-12-9-20(25)13-19(22)14-27-29-24(26)32-16-18-5-3-2-4-6-18/h2-14H,15-16H2,1H3,(H2,26,29)(H,28,30). The summed E-state index contributed by atoms with van der Waals surface area (Å²) in [5.41, 5.74) is 9.62. The first-order chi connectivity index (χ1) is 15.5. The Bertz CT molecular complexity index is 1100. The van der Waals surface area contributed by atoms with Crippen LogP contribution in [-0.2, 0) is 10.5 Å². The molecule has 0 saturated heterocycles. The zero-order valence-corrected chi connectivity index (χ0v) is 19.9. The molecule has 164 valence electrons. The summed E-state index contributed by atoms with van der Waals surface area (Å²) in [6.45, 7) is 1.86. The van der Waals surface area contributed by atoms with E-state index in [1.807, 2.05) is 73.7 Å². The van der Waals surface area contributed by atoms with Crippen LogP contribution < -0.4 is 15.8 Å². The highest BCUT2D eigenvalue weighted by atomic mass is 79.9. The van der Waals surface area contributed by atoms with E-state index in [1.54, 1.807) is 12.3 Å². The molecular weight excluding hydrogens is 488 g/mol. The first kappa shape index (κ1) is 23.6. The third-order valence-corrected chi connectivity index (χ3v) is 5.60. The van der Waals surface area contributed by atoms with Crippen molar-refractivity contribution in [1.82, 2.24) is 0 Å². The minimum Gasteiger partial charge on any atom is -0.483 e. The van der Waals surface area contributed by atoms with E-state index in [2.05, 4.69) is 31.4 Å². The molecule has 0 fully saturated rings. The van der Waals surface area contributed by atoms with Gasteiger partial charge in [-0.1, -0.05) is 75.7 Å². The third kappa shape index (κ3) is 7.86. The number of aryl methyl sites for hydroxylation is 1. The molecule has 3 N–H and O–H groups in total. The summed E-state index contributed by atoms with van der Waals surface area (Å²) in [6.07, 6.45) is 1.55. The summed E-state index contributed by atoms with van der Waals surface area (Å²) in [5.74, 6) is 0.980. The zero-order valence-electron chi connectivity index (χ0n) is 17.5. The van der Waals surface area contributed by atoms with Crippen molar-refractivity contribution in [3.8, 4) is 5.75 Å². The van der Waals surface area contributed by atoms with Crippen molar-refractivity contribution in [2.24, 2.45) is 15.9 Å². The molecule has 6 nitrogen and oxygen atoms in total. The number of thioether (sulfide) groups is 1. The Morgan fingerprint density at radius 1 is 1.12 bits per heavy atom. The van der Waals surface area contributed by atoms with E-state index >= 15 is 0 Å². The molecule has 0 aromatic heterocycles. The molecule has 32 heavy (non-hydrogen) atoms. The predicted octanol–water partition coefficient (Wildman–Crippen LogP) is 5.36. The summed E-state index contributed by atoms with van der Waals surface area (Å²) in [7, 11) is 0. The number of amidine groups is 1. The van der Waals surface area contributed by atoms with E-state index < -0.39 is 0 Å². The summed E-state index contributed by atoms with van der Waals surface area (Å²) < 4.78 is 6.56. The highest BCUT2D eigenvalue weighted by molar-refractivity contribution is 9.10. The number of halogens is 1. The number of hydrogen-bond acceptors (Lipinski definition) is 5. The Labute approximate surface area is 200 Å². The van der Waals surface area contributed by atoms with Crippen LogP contribution in [0.5, 0.6) is 5.75 Å². The second-order valence-electron chi connectivity index (χ2n) is 6.84. The van der Waals surface area contributed by atoms with Crippen LogP contribution in [0.3, 0.4) is 0 Å². The van der Waals surface area contributed by atoms with Gasteiger partial charge in [0.1, 0.15) is 5.75 Å². The molecule has 0 spiro atoms. The Hall–Kier alpha value is -3.10. The number of ether oxygens (including phenoxy) is 1. The largest absolute Gasteiger partial charge is 0.483 e. The van der Waals surface area contributed by atoms with Gasteiger partial charge in [-0.05, 0) is 42.8 Å². The van der Waals surface area contributed by atoms with Crippen molar-refractivity contribution in [1.29, 1.82) is 0 Å². The Morgan fingerprint density at radius 2 is 1.88 bits per heavy atom. The lowest BCUT2D eigenvalue weighted by atomic mass is 10.2. The van der Waals surface area contributed by atoms with Gasteiger partial charge in [-0.25, -0.2) is 0 Å². The lowest BCUT2D eigenvalue weighted by Gasteiger charge is -2.10. The Morgan fingerprint density at radius 3 is 2.62 bits per heavy atom. The summed E-state index contributed by atoms with van der Waals surface area (Å²) in [4.78, 5) is 12.2. The smallest absolute Gasteiger partial charge is 0.262 e. The maximum atomic E-state index is 12.2. The molecule has 0 aliphatic heterocycles. The number of rotatable bonds is 8. The van der Waals surface area contributed by atoms with Crippen molar-refractivity contribution in [2.75, 3.05) is 11.9 Å². The topological polar surface area (TPSA) is 89.1 Å². The van der Waals surface area contributed by atoms with Gasteiger partial charge in [0.15, 0.2) is 11.8 Å². The molecule has 8 heteroatoms. The molecule has 0 bridgehead atoms. The van der Waals surface area contributed by atoms with Crippen LogP contribution >= 0.6 is 27.7 Å². The molecule has 0 aliphatic carbocycles. The number of nitrogens with zero attached hydrogens (tertiary/aromatic N) is 2. The van der Waals surface area contributed by atoms with Crippen molar-refractivity contribution in [3.63, 3.8) is 0 Å². The van der Waals surface area contributed by atoms with Crippen LogP contribution in [0.2, 0.25) is 0 Å². The molecular formula is C24H23BrN4O2S. The SMILES string of the molecule is Cc1ccc(NC(=O)COc2ccc(Br)cc2C=NN=C(N)SCc2ccccc2)cc1. The van der Waals surface area contributed by atoms with Crippen LogP contribution in [0.15, 0.2) is 87.5 Å². The predicted molar refractivity (Wildman–Crippen MR) is 136 cm³/mol. The lowest BCUT2D eigenvalue weighted by molar-refractivity contribution is -0.118. The first-order valence-electron chi connectivity index (χ1n) is 9.82. The number of amides is 1. The second kappa shape index (κ2) is 12.1. The third-order valence-electron chi connectivity index (χ3n) is 4.25. The van der Waals surface area contributed by atoms with Crippen molar-refractivity contribution < 1.29 is 9.53 Å². The number of nitrogens with one attached hydrogen (secondary N) is 1. The van der Waals surface area contributed by atoms with E-state index in [9.17, 15) is 4.79 Å². The quantitative estimate of drug-likeness (QED) is 0.242. The van der Waals surface area contributed by atoms with Crippen molar-refractivity contribution >= 4 is 50.7 Å². The minimum atomic E-state index is -0.251. The zero-order chi connectivity index (χ0) is 22.8. The number of carbonyl (C=O) groups excluding carboxylic acids is 1. The highest BCUT2D eigenvalue weighted by Crippen LogP contribution is 2.22. The molecule has 3 rings (SSSR count). The van der Waals surface area contributed by atoms with Gasteiger partial charge < -0.3 is 15.8 Å². The second-order valence-corrected chi connectivity index (χ2v) is 8.75.